The topological polar surface area (TPSA) is 32.3 Å². The third kappa shape index (κ3) is 3.74. The van der Waals surface area contributed by atoms with Gasteiger partial charge in [-0.15, -0.1) is 0 Å². The van der Waals surface area contributed by atoms with Gasteiger partial charge in [0.15, 0.2) is 5.78 Å². The highest BCUT2D eigenvalue weighted by Gasteiger charge is 2.20. The standard InChI is InChI=1S/C19H22N2O/c22-19(14-16-8-7-13-20-16)15-21(17-9-3-1-4-10-17)18-11-5-2-6-12-18/h1-6,9-12,16,20H,7-8,13-15H2/t16-/m0/s1. The molecule has 3 rings (SSSR count). The van der Waals surface area contributed by atoms with Gasteiger partial charge in [-0.3, -0.25) is 4.79 Å². The van der Waals surface area contributed by atoms with Crippen LogP contribution < -0.4 is 10.2 Å². The maximum Gasteiger partial charge on any atom is 0.154 e. The number of ketones is 1. The maximum absolute atomic E-state index is 12.5. The fourth-order valence-electron chi connectivity index (χ4n) is 2.99. The van der Waals surface area contributed by atoms with E-state index in [0.29, 0.717) is 19.0 Å². The minimum atomic E-state index is 0.284. The van der Waals surface area contributed by atoms with Gasteiger partial charge in [-0.25, -0.2) is 0 Å². The van der Waals surface area contributed by atoms with Crippen molar-refractivity contribution in [1.29, 1.82) is 0 Å². The smallest absolute Gasteiger partial charge is 0.154 e. The molecule has 0 unspecified atom stereocenters. The maximum atomic E-state index is 12.5. The van der Waals surface area contributed by atoms with Crippen molar-refractivity contribution in [2.45, 2.75) is 25.3 Å². The van der Waals surface area contributed by atoms with E-state index in [-0.39, 0.29) is 5.78 Å². The zero-order valence-electron chi connectivity index (χ0n) is 12.7. The summed E-state index contributed by atoms with van der Waals surface area (Å²) in [5.74, 6) is 0.284. The molecule has 114 valence electrons. The third-order valence-corrected chi connectivity index (χ3v) is 4.11. The molecule has 2 aromatic carbocycles. The molecule has 1 heterocycles. The first-order chi connectivity index (χ1) is 10.8. The van der Waals surface area contributed by atoms with Crippen molar-refractivity contribution in [3.63, 3.8) is 0 Å². The number of anilines is 2. The van der Waals surface area contributed by atoms with Crippen LogP contribution in [0.1, 0.15) is 19.3 Å². The lowest BCUT2D eigenvalue weighted by Gasteiger charge is -2.25. The van der Waals surface area contributed by atoms with E-state index >= 15 is 0 Å². The molecule has 0 aliphatic carbocycles. The minimum Gasteiger partial charge on any atom is -0.334 e. The van der Waals surface area contributed by atoms with Crippen LogP contribution in [0.25, 0.3) is 0 Å². The fraction of sp³-hybridized carbons (Fsp3) is 0.316. The molecule has 3 nitrogen and oxygen atoms in total. The Hall–Kier alpha value is -2.13. The molecule has 1 N–H and O–H groups in total. The number of nitrogens with zero attached hydrogens (tertiary/aromatic N) is 1. The van der Waals surface area contributed by atoms with Gasteiger partial charge in [0, 0.05) is 23.8 Å². The van der Waals surface area contributed by atoms with Gasteiger partial charge in [0.1, 0.15) is 0 Å². The monoisotopic (exact) mass is 294 g/mol. The average molecular weight is 294 g/mol. The number of nitrogens with one attached hydrogen (secondary N) is 1. The van der Waals surface area contributed by atoms with E-state index in [9.17, 15) is 4.79 Å². The summed E-state index contributed by atoms with van der Waals surface area (Å²) in [6.07, 6.45) is 2.91. The van der Waals surface area contributed by atoms with Gasteiger partial charge < -0.3 is 10.2 Å². The van der Waals surface area contributed by atoms with E-state index in [1.54, 1.807) is 0 Å². The summed E-state index contributed by atoms with van der Waals surface area (Å²) in [5, 5.41) is 3.40. The molecule has 0 aromatic heterocycles. The SMILES string of the molecule is O=C(C[C@@H]1CCCN1)CN(c1ccccc1)c1ccccc1. The number of para-hydroxylation sites is 2. The highest BCUT2D eigenvalue weighted by atomic mass is 16.1. The zero-order valence-corrected chi connectivity index (χ0v) is 12.7. The van der Waals surface area contributed by atoms with Gasteiger partial charge in [-0.2, -0.15) is 0 Å². The molecule has 0 amide bonds. The Morgan fingerprint density at radius 3 is 2.09 bits per heavy atom. The Kier molecular flexibility index (Phi) is 4.86. The lowest BCUT2D eigenvalue weighted by molar-refractivity contribution is -0.118. The predicted molar refractivity (Wildman–Crippen MR) is 90.5 cm³/mol. The summed E-state index contributed by atoms with van der Waals surface area (Å²) >= 11 is 0. The van der Waals surface area contributed by atoms with Gasteiger partial charge in [-0.05, 0) is 43.7 Å². The molecule has 2 aromatic rings. The van der Waals surface area contributed by atoms with Gasteiger partial charge in [0.25, 0.3) is 0 Å². The lowest BCUT2D eigenvalue weighted by Crippen LogP contribution is -2.31. The van der Waals surface area contributed by atoms with Crippen molar-refractivity contribution in [3.8, 4) is 0 Å². The van der Waals surface area contributed by atoms with Crippen molar-refractivity contribution in [2.75, 3.05) is 18.0 Å². The van der Waals surface area contributed by atoms with E-state index < -0.39 is 0 Å². The number of benzene rings is 2. The van der Waals surface area contributed by atoms with Crippen LogP contribution in [0.2, 0.25) is 0 Å². The molecule has 22 heavy (non-hydrogen) atoms. The molecule has 1 aliphatic heterocycles. The molecule has 0 bridgehead atoms. The number of hydrogen-bond donors (Lipinski definition) is 1. The van der Waals surface area contributed by atoms with Gasteiger partial charge in [-0.1, -0.05) is 36.4 Å². The summed E-state index contributed by atoms with van der Waals surface area (Å²) in [5.41, 5.74) is 2.11. The Balaban J connectivity index is 1.75. The first kappa shape index (κ1) is 14.8. The van der Waals surface area contributed by atoms with E-state index in [1.165, 1.54) is 6.42 Å². The van der Waals surface area contributed by atoms with Crippen LogP contribution in [0.3, 0.4) is 0 Å². The highest BCUT2D eigenvalue weighted by Crippen LogP contribution is 2.25. The quantitative estimate of drug-likeness (QED) is 0.884. The number of hydrogen-bond acceptors (Lipinski definition) is 3. The molecule has 1 fully saturated rings. The molecule has 3 heteroatoms. The molecule has 0 saturated carbocycles. The fourth-order valence-corrected chi connectivity index (χ4v) is 2.99. The van der Waals surface area contributed by atoms with Crippen molar-refractivity contribution in [2.24, 2.45) is 0 Å². The number of Topliss-reactive ketones (excluding diaryl/α,β-unsaturated/α-hetero) is 1. The molecule has 0 radical (unpaired) electrons. The molecule has 1 atom stereocenters. The van der Waals surface area contributed by atoms with Crippen LogP contribution in [-0.4, -0.2) is 24.9 Å². The third-order valence-electron chi connectivity index (χ3n) is 4.11. The second kappa shape index (κ2) is 7.23. The second-order valence-corrected chi connectivity index (χ2v) is 5.79. The average Bonchev–Trinajstić information content (AvgIpc) is 3.07. The first-order valence-electron chi connectivity index (χ1n) is 7.95. The van der Waals surface area contributed by atoms with Gasteiger partial charge >= 0.3 is 0 Å². The van der Waals surface area contributed by atoms with Crippen molar-refractivity contribution < 1.29 is 4.79 Å². The summed E-state index contributed by atoms with van der Waals surface area (Å²) in [4.78, 5) is 14.6. The van der Waals surface area contributed by atoms with Crippen LogP contribution in [-0.2, 0) is 4.79 Å². The number of rotatable bonds is 6. The second-order valence-electron chi connectivity index (χ2n) is 5.79. The van der Waals surface area contributed by atoms with Crippen LogP contribution in [0.5, 0.6) is 0 Å². The zero-order chi connectivity index (χ0) is 15.2. The molecule has 0 spiro atoms. The summed E-state index contributed by atoms with van der Waals surface area (Å²) in [6, 6.07) is 20.6. The van der Waals surface area contributed by atoms with Crippen LogP contribution >= 0.6 is 0 Å². The number of carbonyl (C=O) groups is 1. The van der Waals surface area contributed by atoms with E-state index in [2.05, 4.69) is 10.2 Å². The summed E-state index contributed by atoms with van der Waals surface area (Å²) < 4.78 is 0. The predicted octanol–water partition coefficient (Wildman–Crippen LogP) is 3.54. The number of carbonyl (C=O) groups excluding carboxylic acids is 1. The Labute approximate surface area is 132 Å². The minimum absolute atomic E-state index is 0.284. The van der Waals surface area contributed by atoms with E-state index in [1.807, 2.05) is 60.7 Å². The normalized spacial score (nSPS) is 17.4. The van der Waals surface area contributed by atoms with Gasteiger partial charge in [0.05, 0.1) is 6.54 Å². The van der Waals surface area contributed by atoms with Crippen molar-refractivity contribution >= 4 is 17.2 Å². The lowest BCUT2D eigenvalue weighted by atomic mass is 10.1. The Morgan fingerprint density at radius 1 is 1.00 bits per heavy atom. The molecular weight excluding hydrogens is 272 g/mol. The first-order valence-corrected chi connectivity index (χ1v) is 7.95. The molecular formula is C19H22N2O. The Morgan fingerprint density at radius 2 is 1.59 bits per heavy atom. The van der Waals surface area contributed by atoms with Crippen molar-refractivity contribution in [3.05, 3.63) is 60.7 Å². The highest BCUT2D eigenvalue weighted by molar-refractivity contribution is 5.86. The van der Waals surface area contributed by atoms with Crippen LogP contribution in [0, 0.1) is 0 Å². The van der Waals surface area contributed by atoms with Gasteiger partial charge in [0.2, 0.25) is 0 Å². The van der Waals surface area contributed by atoms with Crippen LogP contribution in [0.15, 0.2) is 60.7 Å². The Bertz CT molecular complexity index is 552. The van der Waals surface area contributed by atoms with Crippen molar-refractivity contribution in [1.82, 2.24) is 5.32 Å². The van der Waals surface area contributed by atoms with E-state index in [0.717, 1.165) is 24.3 Å². The summed E-state index contributed by atoms with van der Waals surface area (Å²) in [7, 11) is 0. The summed E-state index contributed by atoms with van der Waals surface area (Å²) in [6.45, 7) is 1.46. The van der Waals surface area contributed by atoms with Crippen LogP contribution in [0.4, 0.5) is 11.4 Å². The molecule has 1 aliphatic rings. The largest absolute Gasteiger partial charge is 0.334 e. The molecule has 1 saturated heterocycles. The van der Waals surface area contributed by atoms with E-state index in [4.69, 9.17) is 0 Å².